The molecule has 1 heterocycles. The third kappa shape index (κ3) is 4.95. The second-order valence-electron chi connectivity index (χ2n) is 7.28. The summed E-state index contributed by atoms with van der Waals surface area (Å²) < 4.78 is 5.52. The molecule has 0 amide bonds. The second kappa shape index (κ2) is 9.68. The molecule has 0 aliphatic carbocycles. The van der Waals surface area contributed by atoms with Gasteiger partial charge in [-0.05, 0) is 50.1 Å². The van der Waals surface area contributed by atoms with E-state index in [2.05, 4.69) is 4.99 Å². The molecule has 2 atom stereocenters. The van der Waals surface area contributed by atoms with Crippen molar-refractivity contribution in [3.63, 3.8) is 0 Å². The van der Waals surface area contributed by atoms with Crippen LogP contribution in [0.1, 0.15) is 37.8 Å². The zero-order chi connectivity index (χ0) is 21.7. The first kappa shape index (κ1) is 21.7. The lowest BCUT2D eigenvalue weighted by atomic mass is 9.74. The topological polar surface area (TPSA) is 55.7 Å². The Labute approximate surface area is 181 Å². The molecule has 0 bridgehead atoms. The Morgan fingerprint density at radius 3 is 2.50 bits per heavy atom. The number of carbonyl (C=O) groups excluding carboxylic acids is 2. The normalized spacial score (nSPS) is 19.0. The number of allylic oxidation sites excluding steroid dienone is 1. The molecule has 0 aromatic heterocycles. The van der Waals surface area contributed by atoms with Gasteiger partial charge in [-0.25, -0.2) is 4.79 Å². The Balaban J connectivity index is 1.88. The Bertz CT molecular complexity index is 1040. The van der Waals surface area contributed by atoms with Gasteiger partial charge in [0.2, 0.25) is 0 Å². The van der Waals surface area contributed by atoms with Crippen molar-refractivity contribution in [2.45, 2.75) is 26.7 Å². The van der Waals surface area contributed by atoms with Crippen molar-refractivity contribution in [1.29, 1.82) is 0 Å². The molecule has 0 N–H and O–H groups in total. The van der Waals surface area contributed by atoms with Gasteiger partial charge in [0, 0.05) is 22.3 Å². The van der Waals surface area contributed by atoms with Crippen LogP contribution in [-0.2, 0) is 14.3 Å². The first-order valence-corrected chi connectivity index (χ1v) is 10.2. The van der Waals surface area contributed by atoms with Crippen molar-refractivity contribution >= 4 is 35.1 Å². The number of Topliss-reactive ketones (excluding diaryl/α,β-unsaturated/α-hetero) is 1. The molecule has 1 aliphatic heterocycles. The SMILES string of the molecule is CC(=O)C1C(C)=NC(C)=C(C(=O)OCC=Cc2ccccc2)C1c1cccc(Cl)c1. The molecule has 0 saturated heterocycles. The molecular weight excluding hydrogens is 398 g/mol. The van der Waals surface area contributed by atoms with Crippen LogP contribution in [0.5, 0.6) is 0 Å². The number of carbonyl (C=O) groups is 2. The molecule has 0 fully saturated rings. The van der Waals surface area contributed by atoms with Crippen molar-refractivity contribution in [1.82, 2.24) is 0 Å². The Morgan fingerprint density at radius 1 is 1.10 bits per heavy atom. The van der Waals surface area contributed by atoms with E-state index in [1.54, 1.807) is 25.1 Å². The predicted molar refractivity (Wildman–Crippen MR) is 121 cm³/mol. The van der Waals surface area contributed by atoms with Crippen LogP contribution in [0.25, 0.3) is 6.08 Å². The average molecular weight is 422 g/mol. The van der Waals surface area contributed by atoms with E-state index in [-0.39, 0.29) is 12.4 Å². The van der Waals surface area contributed by atoms with E-state index in [0.29, 0.717) is 22.0 Å². The summed E-state index contributed by atoms with van der Waals surface area (Å²) in [6.07, 6.45) is 3.68. The minimum Gasteiger partial charge on any atom is -0.458 e. The summed E-state index contributed by atoms with van der Waals surface area (Å²) in [6.45, 7) is 5.24. The number of esters is 1. The molecule has 154 valence electrons. The summed E-state index contributed by atoms with van der Waals surface area (Å²) in [7, 11) is 0. The smallest absolute Gasteiger partial charge is 0.336 e. The van der Waals surface area contributed by atoms with Gasteiger partial charge in [-0.2, -0.15) is 0 Å². The molecule has 3 rings (SSSR count). The van der Waals surface area contributed by atoms with Crippen molar-refractivity contribution < 1.29 is 14.3 Å². The Kier molecular flexibility index (Phi) is 7.01. The lowest BCUT2D eigenvalue weighted by Gasteiger charge is -2.31. The fourth-order valence-corrected chi connectivity index (χ4v) is 4.04. The van der Waals surface area contributed by atoms with Crippen molar-refractivity contribution in [2.24, 2.45) is 10.9 Å². The molecule has 30 heavy (non-hydrogen) atoms. The molecule has 4 nitrogen and oxygen atoms in total. The fourth-order valence-electron chi connectivity index (χ4n) is 3.84. The van der Waals surface area contributed by atoms with Gasteiger partial charge in [0.1, 0.15) is 12.4 Å². The van der Waals surface area contributed by atoms with Gasteiger partial charge in [0.15, 0.2) is 0 Å². The summed E-state index contributed by atoms with van der Waals surface area (Å²) in [5.41, 5.74) is 3.46. The lowest BCUT2D eigenvalue weighted by Crippen LogP contribution is -2.34. The third-order valence-electron chi connectivity index (χ3n) is 5.11. The van der Waals surface area contributed by atoms with Crippen LogP contribution in [0.4, 0.5) is 0 Å². The molecule has 1 aliphatic rings. The van der Waals surface area contributed by atoms with Crippen LogP contribution in [0.3, 0.4) is 0 Å². The van der Waals surface area contributed by atoms with E-state index in [9.17, 15) is 9.59 Å². The maximum absolute atomic E-state index is 13.0. The van der Waals surface area contributed by atoms with E-state index in [1.807, 2.05) is 55.5 Å². The number of nitrogens with zero attached hydrogens (tertiary/aromatic N) is 1. The van der Waals surface area contributed by atoms with Gasteiger partial charge in [0.25, 0.3) is 0 Å². The number of ether oxygens (including phenoxy) is 1. The lowest BCUT2D eigenvalue weighted by molar-refractivity contribution is -0.138. The highest BCUT2D eigenvalue weighted by Gasteiger charge is 2.39. The maximum atomic E-state index is 13.0. The van der Waals surface area contributed by atoms with Crippen LogP contribution in [0.2, 0.25) is 5.02 Å². The van der Waals surface area contributed by atoms with E-state index in [0.717, 1.165) is 11.1 Å². The zero-order valence-electron chi connectivity index (χ0n) is 17.3. The van der Waals surface area contributed by atoms with Crippen LogP contribution < -0.4 is 0 Å². The highest BCUT2D eigenvalue weighted by molar-refractivity contribution is 6.30. The first-order valence-electron chi connectivity index (χ1n) is 9.79. The minimum absolute atomic E-state index is 0.0528. The van der Waals surface area contributed by atoms with Crippen molar-refractivity contribution in [3.05, 3.63) is 88.1 Å². The van der Waals surface area contributed by atoms with E-state index >= 15 is 0 Å². The fraction of sp³-hybridized carbons (Fsp3) is 0.240. The van der Waals surface area contributed by atoms with Gasteiger partial charge in [-0.1, -0.05) is 60.1 Å². The van der Waals surface area contributed by atoms with E-state index < -0.39 is 17.8 Å². The number of hydrogen-bond acceptors (Lipinski definition) is 4. The second-order valence-corrected chi connectivity index (χ2v) is 7.72. The van der Waals surface area contributed by atoms with Crippen LogP contribution in [0, 0.1) is 5.92 Å². The average Bonchev–Trinajstić information content (AvgIpc) is 2.71. The van der Waals surface area contributed by atoms with Gasteiger partial charge in [0.05, 0.1) is 11.5 Å². The Hall–Kier alpha value is -2.98. The molecule has 2 aromatic rings. The number of aliphatic imine (C=N–C) groups is 1. The quantitative estimate of drug-likeness (QED) is 0.567. The van der Waals surface area contributed by atoms with Gasteiger partial charge in [-0.15, -0.1) is 0 Å². The summed E-state index contributed by atoms with van der Waals surface area (Å²) >= 11 is 6.20. The Morgan fingerprint density at radius 2 is 1.83 bits per heavy atom. The highest BCUT2D eigenvalue weighted by atomic mass is 35.5. The number of benzene rings is 2. The number of rotatable bonds is 6. The molecule has 0 saturated carbocycles. The van der Waals surface area contributed by atoms with E-state index in [1.165, 1.54) is 6.92 Å². The summed E-state index contributed by atoms with van der Waals surface area (Å²) in [4.78, 5) is 30.0. The number of ketones is 1. The standard InChI is InChI=1S/C25H24ClNO3/c1-16-22(18(3)28)24(20-12-7-13-21(26)15-20)23(17(2)27-16)25(29)30-14-8-11-19-9-5-4-6-10-19/h4-13,15,22,24H,14H2,1-3H3. The number of hydrogen-bond donors (Lipinski definition) is 0. The van der Waals surface area contributed by atoms with Gasteiger partial charge < -0.3 is 4.74 Å². The monoisotopic (exact) mass is 421 g/mol. The van der Waals surface area contributed by atoms with Crippen LogP contribution >= 0.6 is 11.6 Å². The largest absolute Gasteiger partial charge is 0.458 e. The van der Waals surface area contributed by atoms with Crippen molar-refractivity contribution in [2.75, 3.05) is 6.61 Å². The van der Waals surface area contributed by atoms with Crippen LogP contribution in [-0.4, -0.2) is 24.1 Å². The third-order valence-corrected chi connectivity index (χ3v) is 5.35. The molecule has 2 unspecified atom stereocenters. The van der Waals surface area contributed by atoms with Gasteiger partial charge in [-0.3, -0.25) is 9.79 Å². The highest BCUT2D eigenvalue weighted by Crippen LogP contribution is 2.40. The first-order chi connectivity index (χ1) is 14.4. The number of halogens is 1. The molecule has 2 aromatic carbocycles. The van der Waals surface area contributed by atoms with Crippen LogP contribution in [0.15, 0.2) is 76.9 Å². The molecule has 0 spiro atoms. The summed E-state index contributed by atoms with van der Waals surface area (Å²) in [6, 6.07) is 17.0. The minimum atomic E-state index is -0.533. The molecule has 5 heteroatoms. The zero-order valence-corrected chi connectivity index (χ0v) is 18.0. The van der Waals surface area contributed by atoms with Crippen molar-refractivity contribution in [3.8, 4) is 0 Å². The maximum Gasteiger partial charge on any atom is 0.336 e. The van der Waals surface area contributed by atoms with Gasteiger partial charge >= 0.3 is 5.97 Å². The summed E-state index contributed by atoms with van der Waals surface area (Å²) in [5, 5.41) is 0.547. The molecule has 0 radical (unpaired) electrons. The summed E-state index contributed by atoms with van der Waals surface area (Å²) in [5.74, 6) is -1.54. The predicted octanol–water partition coefficient (Wildman–Crippen LogP) is 5.63. The molecular formula is C25H24ClNO3. The van der Waals surface area contributed by atoms with E-state index in [4.69, 9.17) is 16.3 Å².